The Bertz CT molecular complexity index is 235. The van der Waals surface area contributed by atoms with Crippen LogP contribution in [0.15, 0.2) is 0 Å². The van der Waals surface area contributed by atoms with Crippen molar-refractivity contribution < 1.29 is 19.0 Å². The van der Waals surface area contributed by atoms with Gasteiger partial charge in [0.1, 0.15) is 5.54 Å². The van der Waals surface area contributed by atoms with Crippen LogP contribution >= 0.6 is 0 Å². The van der Waals surface area contributed by atoms with Gasteiger partial charge in [0.2, 0.25) is 0 Å². The lowest BCUT2D eigenvalue weighted by atomic mass is 9.95. The van der Waals surface area contributed by atoms with Gasteiger partial charge < -0.3 is 19.5 Å². The van der Waals surface area contributed by atoms with Crippen molar-refractivity contribution in [2.75, 3.05) is 40.1 Å². The molecule has 114 valence electrons. The van der Waals surface area contributed by atoms with E-state index in [1.807, 2.05) is 20.8 Å². The number of carbonyl (C=O) groups is 1. The summed E-state index contributed by atoms with van der Waals surface area (Å²) >= 11 is 0. The molecule has 19 heavy (non-hydrogen) atoms. The summed E-state index contributed by atoms with van der Waals surface area (Å²) in [6, 6.07) is 0. The van der Waals surface area contributed by atoms with E-state index < -0.39 is 5.54 Å². The number of unbranched alkanes of at least 4 members (excludes halogenated alkanes) is 1. The van der Waals surface area contributed by atoms with Crippen LogP contribution in [0.3, 0.4) is 0 Å². The van der Waals surface area contributed by atoms with E-state index in [0.717, 1.165) is 25.8 Å². The van der Waals surface area contributed by atoms with Crippen LogP contribution in [-0.2, 0) is 19.0 Å². The number of ether oxygens (including phenoxy) is 3. The van der Waals surface area contributed by atoms with Crippen LogP contribution in [0, 0.1) is 0 Å². The largest absolute Gasteiger partial charge is 0.465 e. The molecule has 0 fully saturated rings. The molecule has 0 saturated carbocycles. The maximum atomic E-state index is 11.9. The zero-order chi connectivity index (χ0) is 14.6. The van der Waals surface area contributed by atoms with E-state index in [2.05, 4.69) is 5.32 Å². The SMILES string of the molecule is CCNC(C)(CCCCOCCOC)C(=O)OCC. The average molecular weight is 275 g/mol. The smallest absolute Gasteiger partial charge is 0.326 e. The lowest BCUT2D eigenvalue weighted by Crippen LogP contribution is -2.50. The number of hydrogen-bond acceptors (Lipinski definition) is 5. The molecule has 0 bridgehead atoms. The molecule has 0 saturated heterocycles. The molecule has 0 aliphatic heterocycles. The first-order chi connectivity index (χ1) is 9.10. The highest BCUT2D eigenvalue weighted by molar-refractivity contribution is 5.80. The number of likely N-dealkylation sites (N-methyl/N-ethyl adjacent to an activating group) is 1. The topological polar surface area (TPSA) is 56.8 Å². The molecule has 1 unspecified atom stereocenters. The highest BCUT2D eigenvalue weighted by Crippen LogP contribution is 2.16. The van der Waals surface area contributed by atoms with Crippen LogP contribution in [0.2, 0.25) is 0 Å². The Morgan fingerprint density at radius 3 is 2.47 bits per heavy atom. The van der Waals surface area contributed by atoms with Crippen LogP contribution < -0.4 is 5.32 Å². The molecule has 0 aromatic carbocycles. The second-order valence-electron chi connectivity index (χ2n) is 4.65. The fraction of sp³-hybridized carbons (Fsp3) is 0.929. The first-order valence-corrected chi connectivity index (χ1v) is 7.09. The zero-order valence-electron chi connectivity index (χ0n) is 12.8. The molecule has 5 heteroatoms. The van der Waals surface area contributed by atoms with E-state index >= 15 is 0 Å². The van der Waals surface area contributed by atoms with Crippen LogP contribution in [0.25, 0.3) is 0 Å². The van der Waals surface area contributed by atoms with Crippen molar-refractivity contribution in [3.8, 4) is 0 Å². The molecule has 0 amide bonds. The van der Waals surface area contributed by atoms with Crippen molar-refractivity contribution in [3.63, 3.8) is 0 Å². The molecule has 0 rings (SSSR count). The minimum absolute atomic E-state index is 0.169. The average Bonchev–Trinajstić information content (AvgIpc) is 2.38. The van der Waals surface area contributed by atoms with Crippen molar-refractivity contribution in [1.29, 1.82) is 0 Å². The Morgan fingerprint density at radius 2 is 1.89 bits per heavy atom. The number of hydrogen-bond donors (Lipinski definition) is 1. The predicted octanol–water partition coefficient (Wildman–Crippen LogP) is 1.75. The van der Waals surface area contributed by atoms with Crippen molar-refractivity contribution in [2.24, 2.45) is 0 Å². The highest BCUT2D eigenvalue weighted by atomic mass is 16.5. The summed E-state index contributed by atoms with van der Waals surface area (Å²) in [7, 11) is 1.66. The van der Waals surface area contributed by atoms with Crippen LogP contribution in [0.5, 0.6) is 0 Å². The second kappa shape index (κ2) is 11.2. The Hall–Kier alpha value is -0.650. The molecule has 1 atom stereocenters. The van der Waals surface area contributed by atoms with Gasteiger partial charge in [0.05, 0.1) is 19.8 Å². The van der Waals surface area contributed by atoms with Gasteiger partial charge >= 0.3 is 5.97 Å². The Labute approximate surface area is 117 Å². The Balaban J connectivity index is 3.90. The Morgan fingerprint density at radius 1 is 1.16 bits per heavy atom. The van der Waals surface area contributed by atoms with E-state index in [9.17, 15) is 4.79 Å². The van der Waals surface area contributed by atoms with Gasteiger partial charge in [-0.1, -0.05) is 6.92 Å². The van der Waals surface area contributed by atoms with Gasteiger partial charge in [-0.25, -0.2) is 0 Å². The maximum Gasteiger partial charge on any atom is 0.326 e. The molecule has 0 aliphatic carbocycles. The third-order valence-corrected chi connectivity index (χ3v) is 2.94. The van der Waals surface area contributed by atoms with Gasteiger partial charge in [-0.3, -0.25) is 4.79 Å². The van der Waals surface area contributed by atoms with Gasteiger partial charge in [0.15, 0.2) is 0 Å². The Kier molecular flexibility index (Phi) is 10.8. The van der Waals surface area contributed by atoms with Crippen molar-refractivity contribution >= 4 is 5.97 Å². The molecular weight excluding hydrogens is 246 g/mol. The summed E-state index contributed by atoms with van der Waals surface area (Å²) in [6.07, 6.45) is 2.62. The predicted molar refractivity (Wildman–Crippen MR) is 75.3 cm³/mol. The molecule has 1 N–H and O–H groups in total. The van der Waals surface area contributed by atoms with Crippen molar-refractivity contribution in [2.45, 2.75) is 45.6 Å². The van der Waals surface area contributed by atoms with Gasteiger partial charge in [0, 0.05) is 13.7 Å². The summed E-state index contributed by atoms with van der Waals surface area (Å²) in [4.78, 5) is 11.9. The van der Waals surface area contributed by atoms with Gasteiger partial charge in [0.25, 0.3) is 0 Å². The number of rotatable bonds is 12. The summed E-state index contributed by atoms with van der Waals surface area (Å²) in [5.41, 5.74) is -0.586. The molecular formula is C14H29NO4. The second-order valence-corrected chi connectivity index (χ2v) is 4.65. The van der Waals surface area contributed by atoms with Crippen LogP contribution in [-0.4, -0.2) is 51.6 Å². The van der Waals surface area contributed by atoms with Gasteiger partial charge in [-0.2, -0.15) is 0 Å². The third-order valence-electron chi connectivity index (χ3n) is 2.94. The van der Waals surface area contributed by atoms with Gasteiger partial charge in [-0.05, 0) is 39.7 Å². The first kappa shape index (κ1) is 18.4. The molecule has 0 spiro atoms. The summed E-state index contributed by atoms with van der Waals surface area (Å²) in [6.45, 7) is 8.84. The lowest BCUT2D eigenvalue weighted by Gasteiger charge is -2.28. The molecule has 0 heterocycles. The van der Waals surface area contributed by atoms with E-state index in [-0.39, 0.29) is 5.97 Å². The molecule has 5 nitrogen and oxygen atoms in total. The molecule has 0 aromatic rings. The summed E-state index contributed by atoms with van der Waals surface area (Å²) in [5.74, 6) is -0.169. The molecule has 0 aromatic heterocycles. The standard InChI is InChI=1S/C14H29NO4/c1-5-15-14(3,13(16)19-6-2)9-7-8-10-18-12-11-17-4/h15H,5-12H2,1-4H3. The molecule has 0 aliphatic rings. The number of methoxy groups -OCH3 is 1. The van der Waals surface area contributed by atoms with E-state index in [0.29, 0.717) is 26.4 Å². The maximum absolute atomic E-state index is 11.9. The number of nitrogens with one attached hydrogen (secondary N) is 1. The minimum atomic E-state index is -0.586. The number of esters is 1. The minimum Gasteiger partial charge on any atom is -0.465 e. The van der Waals surface area contributed by atoms with E-state index in [1.165, 1.54) is 0 Å². The molecule has 0 radical (unpaired) electrons. The third kappa shape index (κ3) is 8.18. The lowest BCUT2D eigenvalue weighted by molar-refractivity contribution is -0.150. The van der Waals surface area contributed by atoms with Crippen LogP contribution in [0.4, 0.5) is 0 Å². The van der Waals surface area contributed by atoms with Crippen LogP contribution in [0.1, 0.15) is 40.0 Å². The quantitative estimate of drug-likeness (QED) is 0.434. The fourth-order valence-electron chi connectivity index (χ4n) is 1.87. The fourth-order valence-corrected chi connectivity index (χ4v) is 1.87. The highest BCUT2D eigenvalue weighted by Gasteiger charge is 2.32. The zero-order valence-corrected chi connectivity index (χ0v) is 12.8. The van der Waals surface area contributed by atoms with Crippen molar-refractivity contribution in [1.82, 2.24) is 5.32 Å². The summed E-state index contributed by atoms with van der Waals surface area (Å²) in [5, 5.41) is 3.22. The first-order valence-electron chi connectivity index (χ1n) is 7.09. The van der Waals surface area contributed by atoms with Crippen molar-refractivity contribution in [3.05, 3.63) is 0 Å². The normalized spacial score (nSPS) is 14.1. The summed E-state index contributed by atoms with van der Waals surface area (Å²) < 4.78 is 15.4. The van der Waals surface area contributed by atoms with Gasteiger partial charge in [-0.15, -0.1) is 0 Å². The van der Waals surface area contributed by atoms with E-state index in [4.69, 9.17) is 14.2 Å². The monoisotopic (exact) mass is 275 g/mol. The number of carbonyl (C=O) groups excluding carboxylic acids is 1. The van der Waals surface area contributed by atoms with E-state index in [1.54, 1.807) is 7.11 Å².